The molecule has 0 aliphatic carbocycles. The summed E-state index contributed by atoms with van der Waals surface area (Å²) in [6.45, 7) is 5.63. The van der Waals surface area contributed by atoms with E-state index in [1.54, 1.807) is 0 Å². The van der Waals surface area contributed by atoms with Crippen LogP contribution in [0.15, 0.2) is 12.1 Å². The maximum atomic E-state index is 13.6. The van der Waals surface area contributed by atoms with E-state index in [4.69, 9.17) is 9.47 Å². The highest BCUT2D eigenvalue weighted by Gasteiger charge is 2.28. The third-order valence-electron chi connectivity index (χ3n) is 3.39. The topological polar surface area (TPSA) is 43.4 Å². The molecule has 2 heterocycles. The average molecular weight is 268 g/mol. The fraction of sp³-hybridized carbons (Fsp3) is 0.643. The first-order valence-corrected chi connectivity index (χ1v) is 6.58. The summed E-state index contributed by atoms with van der Waals surface area (Å²) < 4.78 is 24.3. The number of halogens is 1. The van der Waals surface area contributed by atoms with Gasteiger partial charge in [0.1, 0.15) is 0 Å². The number of pyridine rings is 1. The predicted molar refractivity (Wildman–Crippen MR) is 72.0 cm³/mol. The monoisotopic (exact) mass is 268 g/mol. The van der Waals surface area contributed by atoms with Crippen LogP contribution in [0.3, 0.4) is 0 Å². The standard InChI is InChI=1S/C14H21FN2O2/c1-14(2)8-10(6-7-19-14)9-16-13-11(15)4-5-12(17-13)18-3/h4-5,10H,6-9H2,1-3H3,(H,16,17). The van der Waals surface area contributed by atoms with Crippen molar-refractivity contribution in [3.8, 4) is 5.88 Å². The highest BCUT2D eigenvalue weighted by Crippen LogP contribution is 2.29. The van der Waals surface area contributed by atoms with Gasteiger partial charge in [0.25, 0.3) is 0 Å². The average Bonchev–Trinajstić information content (AvgIpc) is 2.37. The molecule has 1 aliphatic heterocycles. The van der Waals surface area contributed by atoms with Gasteiger partial charge >= 0.3 is 0 Å². The van der Waals surface area contributed by atoms with Crippen molar-refractivity contribution >= 4 is 5.82 Å². The van der Waals surface area contributed by atoms with Crippen LogP contribution < -0.4 is 10.1 Å². The number of nitrogens with zero attached hydrogens (tertiary/aromatic N) is 1. The van der Waals surface area contributed by atoms with E-state index >= 15 is 0 Å². The van der Waals surface area contributed by atoms with Crippen molar-refractivity contribution in [3.05, 3.63) is 17.9 Å². The maximum absolute atomic E-state index is 13.6. The normalized spacial score (nSPS) is 22.0. The summed E-state index contributed by atoms with van der Waals surface area (Å²) in [4.78, 5) is 4.07. The van der Waals surface area contributed by atoms with Gasteiger partial charge in [-0.2, -0.15) is 4.98 Å². The lowest BCUT2D eigenvalue weighted by Crippen LogP contribution is -2.36. The zero-order valence-corrected chi connectivity index (χ0v) is 11.7. The van der Waals surface area contributed by atoms with Gasteiger partial charge < -0.3 is 14.8 Å². The summed E-state index contributed by atoms with van der Waals surface area (Å²) in [5.74, 6) is 0.781. The Morgan fingerprint density at radius 1 is 1.53 bits per heavy atom. The van der Waals surface area contributed by atoms with E-state index in [1.165, 1.54) is 19.2 Å². The molecule has 0 spiro atoms. The molecular weight excluding hydrogens is 247 g/mol. The molecule has 1 saturated heterocycles. The van der Waals surface area contributed by atoms with Crippen molar-refractivity contribution in [2.45, 2.75) is 32.3 Å². The molecule has 4 nitrogen and oxygen atoms in total. The minimum absolute atomic E-state index is 0.0923. The molecule has 1 aromatic heterocycles. The van der Waals surface area contributed by atoms with Crippen LogP contribution in [0.2, 0.25) is 0 Å². The predicted octanol–water partition coefficient (Wildman–Crippen LogP) is 2.85. The van der Waals surface area contributed by atoms with Gasteiger partial charge in [-0.1, -0.05) is 0 Å². The van der Waals surface area contributed by atoms with Crippen LogP contribution in [0, 0.1) is 11.7 Å². The Bertz CT molecular complexity index is 437. The first-order valence-electron chi connectivity index (χ1n) is 6.58. The minimum atomic E-state index is -0.355. The lowest BCUT2D eigenvalue weighted by Gasteiger charge is -2.35. The molecule has 2 rings (SSSR count). The van der Waals surface area contributed by atoms with Crippen LogP contribution >= 0.6 is 0 Å². The summed E-state index contributed by atoms with van der Waals surface area (Å²) in [6.07, 6.45) is 1.95. The van der Waals surface area contributed by atoms with Gasteiger partial charge in [0.2, 0.25) is 5.88 Å². The number of hydrogen-bond donors (Lipinski definition) is 1. The lowest BCUT2D eigenvalue weighted by molar-refractivity contribution is -0.0699. The Morgan fingerprint density at radius 2 is 2.32 bits per heavy atom. The Morgan fingerprint density at radius 3 is 3.00 bits per heavy atom. The highest BCUT2D eigenvalue weighted by molar-refractivity contribution is 5.39. The van der Waals surface area contributed by atoms with Crippen molar-refractivity contribution in [3.63, 3.8) is 0 Å². The van der Waals surface area contributed by atoms with Crippen LogP contribution in [-0.4, -0.2) is 30.8 Å². The molecule has 1 fully saturated rings. The summed E-state index contributed by atoms with van der Waals surface area (Å²) in [6, 6.07) is 2.88. The Balaban J connectivity index is 1.95. The summed E-state index contributed by atoms with van der Waals surface area (Å²) >= 11 is 0. The number of methoxy groups -OCH3 is 1. The largest absolute Gasteiger partial charge is 0.481 e. The number of aromatic nitrogens is 1. The molecule has 0 bridgehead atoms. The highest BCUT2D eigenvalue weighted by atomic mass is 19.1. The van der Waals surface area contributed by atoms with E-state index in [-0.39, 0.29) is 17.2 Å². The molecular formula is C14H21FN2O2. The van der Waals surface area contributed by atoms with E-state index in [9.17, 15) is 4.39 Å². The van der Waals surface area contributed by atoms with E-state index in [2.05, 4.69) is 24.1 Å². The van der Waals surface area contributed by atoms with Crippen molar-refractivity contribution in [1.82, 2.24) is 4.98 Å². The number of ether oxygens (including phenoxy) is 2. The van der Waals surface area contributed by atoms with Crippen molar-refractivity contribution < 1.29 is 13.9 Å². The number of hydrogen-bond acceptors (Lipinski definition) is 4. The SMILES string of the molecule is COc1ccc(F)c(NCC2CCOC(C)(C)C2)n1. The lowest BCUT2D eigenvalue weighted by atomic mass is 9.88. The molecule has 1 aliphatic rings. The van der Waals surface area contributed by atoms with Crippen molar-refractivity contribution in [2.75, 3.05) is 25.6 Å². The molecule has 106 valence electrons. The number of nitrogens with one attached hydrogen (secondary N) is 1. The Labute approximate surface area is 113 Å². The zero-order chi connectivity index (χ0) is 13.9. The van der Waals surface area contributed by atoms with E-state index in [0.29, 0.717) is 18.3 Å². The van der Waals surface area contributed by atoms with E-state index in [0.717, 1.165) is 19.4 Å². The second-order valence-electron chi connectivity index (χ2n) is 5.53. The van der Waals surface area contributed by atoms with Gasteiger partial charge in [0, 0.05) is 19.2 Å². The van der Waals surface area contributed by atoms with Gasteiger partial charge in [-0.3, -0.25) is 0 Å². The van der Waals surface area contributed by atoms with Gasteiger partial charge in [0.05, 0.1) is 12.7 Å². The first-order chi connectivity index (χ1) is 9.00. The van der Waals surface area contributed by atoms with Crippen LogP contribution in [0.4, 0.5) is 10.2 Å². The molecule has 1 aromatic rings. The summed E-state index contributed by atoms with van der Waals surface area (Å²) in [5.41, 5.74) is -0.0923. The van der Waals surface area contributed by atoms with E-state index < -0.39 is 0 Å². The van der Waals surface area contributed by atoms with Crippen LogP contribution in [0.1, 0.15) is 26.7 Å². The molecule has 19 heavy (non-hydrogen) atoms. The molecule has 1 atom stereocenters. The fourth-order valence-electron chi connectivity index (χ4n) is 2.44. The molecule has 1 N–H and O–H groups in total. The molecule has 1 unspecified atom stereocenters. The third-order valence-corrected chi connectivity index (χ3v) is 3.39. The zero-order valence-electron chi connectivity index (χ0n) is 11.7. The van der Waals surface area contributed by atoms with Crippen molar-refractivity contribution in [2.24, 2.45) is 5.92 Å². The summed E-state index contributed by atoms with van der Waals surface area (Å²) in [5, 5.41) is 3.07. The fourth-order valence-corrected chi connectivity index (χ4v) is 2.44. The third kappa shape index (κ3) is 3.80. The molecule has 0 aromatic carbocycles. The second-order valence-corrected chi connectivity index (χ2v) is 5.53. The van der Waals surface area contributed by atoms with Crippen LogP contribution in [-0.2, 0) is 4.74 Å². The minimum Gasteiger partial charge on any atom is -0.481 e. The van der Waals surface area contributed by atoms with Crippen LogP contribution in [0.25, 0.3) is 0 Å². The first kappa shape index (κ1) is 14.1. The number of rotatable bonds is 4. The van der Waals surface area contributed by atoms with Gasteiger partial charge in [-0.15, -0.1) is 0 Å². The number of anilines is 1. The van der Waals surface area contributed by atoms with Gasteiger partial charge in [-0.05, 0) is 38.7 Å². The molecule has 5 heteroatoms. The maximum Gasteiger partial charge on any atom is 0.215 e. The van der Waals surface area contributed by atoms with E-state index in [1.807, 2.05) is 0 Å². The van der Waals surface area contributed by atoms with Gasteiger partial charge in [-0.25, -0.2) is 4.39 Å². The Kier molecular flexibility index (Phi) is 4.24. The molecule has 0 saturated carbocycles. The van der Waals surface area contributed by atoms with Crippen molar-refractivity contribution in [1.29, 1.82) is 0 Å². The molecule has 0 radical (unpaired) electrons. The smallest absolute Gasteiger partial charge is 0.215 e. The van der Waals surface area contributed by atoms with Crippen LogP contribution in [0.5, 0.6) is 5.88 Å². The second kappa shape index (κ2) is 5.74. The summed E-state index contributed by atoms with van der Waals surface area (Å²) in [7, 11) is 1.52. The van der Waals surface area contributed by atoms with Gasteiger partial charge in [0.15, 0.2) is 11.6 Å². The quantitative estimate of drug-likeness (QED) is 0.912. The molecule has 0 amide bonds. The Hall–Kier alpha value is -1.36.